The topological polar surface area (TPSA) is 52.7 Å². The van der Waals surface area contributed by atoms with E-state index in [0.29, 0.717) is 32.5 Å². The second-order valence-corrected chi connectivity index (χ2v) is 8.78. The van der Waals surface area contributed by atoms with Crippen LogP contribution < -0.4 is 5.32 Å². The number of alkyl halides is 3. The zero-order valence-electron chi connectivity index (χ0n) is 20.9. The highest BCUT2D eigenvalue weighted by atomic mass is 19.4. The third-order valence-corrected chi connectivity index (χ3v) is 5.90. The van der Waals surface area contributed by atoms with Gasteiger partial charge in [0.25, 0.3) is 0 Å². The molecular weight excluding hydrogens is 479 g/mol. The first-order valence-electron chi connectivity index (χ1n) is 12.3. The van der Waals surface area contributed by atoms with Gasteiger partial charge in [0.1, 0.15) is 0 Å². The molecule has 0 heterocycles. The number of halogens is 3. The lowest BCUT2D eigenvalue weighted by Gasteiger charge is -2.26. The van der Waals surface area contributed by atoms with Crippen molar-refractivity contribution in [2.75, 3.05) is 25.0 Å². The molecule has 0 aliphatic carbocycles. The maximum Gasteiger partial charge on any atom is 0.416 e. The molecule has 3 aromatic rings. The predicted octanol–water partition coefficient (Wildman–Crippen LogP) is 6.61. The van der Waals surface area contributed by atoms with Crippen LogP contribution in [0.5, 0.6) is 0 Å². The Morgan fingerprint density at radius 1 is 0.784 bits per heavy atom. The number of benzene rings is 3. The zero-order valence-corrected chi connectivity index (χ0v) is 20.9. The number of urea groups is 1. The number of amides is 3. The van der Waals surface area contributed by atoms with E-state index in [0.717, 1.165) is 23.3 Å². The smallest absolute Gasteiger partial charge is 0.338 e. The molecule has 0 radical (unpaired) electrons. The predicted molar refractivity (Wildman–Crippen MR) is 139 cm³/mol. The van der Waals surface area contributed by atoms with E-state index in [1.54, 1.807) is 4.90 Å². The summed E-state index contributed by atoms with van der Waals surface area (Å²) in [5, 5.41) is 2.54. The van der Waals surface area contributed by atoms with E-state index >= 15 is 0 Å². The van der Waals surface area contributed by atoms with Crippen molar-refractivity contribution < 1.29 is 22.8 Å². The number of carbonyl (C=O) groups excluding carboxylic acids is 2. The molecule has 0 aromatic heterocycles. The van der Waals surface area contributed by atoms with E-state index in [4.69, 9.17) is 0 Å². The molecular formula is C29H32F3N3O2. The molecule has 8 heteroatoms. The Labute approximate surface area is 215 Å². The molecule has 0 atom stereocenters. The summed E-state index contributed by atoms with van der Waals surface area (Å²) in [5.74, 6) is -0.0900. The first-order chi connectivity index (χ1) is 17.8. The van der Waals surface area contributed by atoms with Gasteiger partial charge in [-0.05, 0) is 42.2 Å². The Morgan fingerprint density at radius 3 is 2.05 bits per heavy atom. The monoisotopic (exact) mass is 511 g/mol. The largest absolute Gasteiger partial charge is 0.416 e. The van der Waals surface area contributed by atoms with Crippen LogP contribution >= 0.6 is 0 Å². The molecule has 0 spiro atoms. The highest BCUT2D eigenvalue weighted by Gasteiger charge is 2.30. The summed E-state index contributed by atoms with van der Waals surface area (Å²) in [6.07, 6.45) is -3.05. The van der Waals surface area contributed by atoms with Gasteiger partial charge in [0.15, 0.2) is 0 Å². The Balaban J connectivity index is 1.65. The van der Waals surface area contributed by atoms with Crippen LogP contribution in [0, 0.1) is 0 Å². The van der Waals surface area contributed by atoms with Crippen LogP contribution in [0.25, 0.3) is 0 Å². The standard InChI is InChI=1S/C29H32F3N3O2/c1-2-18-34(28(37)33-26-15-9-14-25(21-26)29(30,31)32)20-17-27(36)35(22-24-12-7-4-8-13-24)19-16-23-10-5-3-6-11-23/h3-15,21H,2,16-20,22H2,1H3,(H,33,37). The summed E-state index contributed by atoms with van der Waals surface area (Å²) < 4.78 is 39.1. The van der Waals surface area contributed by atoms with Crippen LogP contribution in [0.15, 0.2) is 84.9 Å². The van der Waals surface area contributed by atoms with E-state index < -0.39 is 17.8 Å². The van der Waals surface area contributed by atoms with Crippen molar-refractivity contribution in [3.05, 3.63) is 102 Å². The number of anilines is 1. The SMILES string of the molecule is CCCN(CCC(=O)N(CCc1ccccc1)Cc1ccccc1)C(=O)Nc1cccc(C(F)(F)F)c1. The summed E-state index contributed by atoms with van der Waals surface area (Å²) in [4.78, 5) is 29.4. The summed E-state index contributed by atoms with van der Waals surface area (Å²) in [5.41, 5.74) is 1.36. The third kappa shape index (κ3) is 8.97. The normalized spacial score (nSPS) is 11.1. The molecule has 3 rings (SSSR count). The minimum atomic E-state index is -4.50. The minimum absolute atomic E-state index is 0.0563. The van der Waals surface area contributed by atoms with Gasteiger partial charge in [0, 0.05) is 38.3 Å². The van der Waals surface area contributed by atoms with E-state index in [-0.39, 0.29) is 24.6 Å². The molecule has 0 aliphatic heterocycles. The Morgan fingerprint density at radius 2 is 1.43 bits per heavy atom. The zero-order chi connectivity index (χ0) is 26.7. The van der Waals surface area contributed by atoms with Crippen molar-refractivity contribution in [3.63, 3.8) is 0 Å². The summed E-state index contributed by atoms with van der Waals surface area (Å²) in [6, 6.07) is 23.6. The van der Waals surface area contributed by atoms with Crippen LogP contribution in [0.1, 0.15) is 36.5 Å². The highest BCUT2D eigenvalue weighted by molar-refractivity contribution is 5.89. The molecule has 0 saturated heterocycles. The Kier molecular flexibility index (Phi) is 10.1. The molecule has 37 heavy (non-hydrogen) atoms. The molecule has 0 saturated carbocycles. The molecule has 1 N–H and O–H groups in total. The van der Waals surface area contributed by atoms with E-state index in [1.807, 2.05) is 67.6 Å². The fourth-order valence-electron chi connectivity index (χ4n) is 3.95. The maximum absolute atomic E-state index is 13.3. The van der Waals surface area contributed by atoms with Gasteiger partial charge in [0.05, 0.1) is 5.56 Å². The maximum atomic E-state index is 13.3. The van der Waals surface area contributed by atoms with Crippen molar-refractivity contribution in [2.45, 2.75) is 38.9 Å². The molecule has 0 bridgehead atoms. The molecule has 3 aromatic carbocycles. The molecule has 196 valence electrons. The quantitative estimate of drug-likeness (QED) is 0.315. The van der Waals surface area contributed by atoms with Crippen molar-refractivity contribution in [1.82, 2.24) is 9.80 Å². The number of nitrogens with one attached hydrogen (secondary N) is 1. The van der Waals surface area contributed by atoms with Gasteiger partial charge in [-0.2, -0.15) is 13.2 Å². The van der Waals surface area contributed by atoms with Gasteiger partial charge >= 0.3 is 12.2 Å². The first kappa shape index (κ1) is 27.8. The highest BCUT2D eigenvalue weighted by Crippen LogP contribution is 2.30. The number of hydrogen-bond acceptors (Lipinski definition) is 2. The van der Waals surface area contributed by atoms with Crippen molar-refractivity contribution >= 4 is 17.6 Å². The Bertz CT molecular complexity index is 1140. The van der Waals surface area contributed by atoms with Gasteiger partial charge in [0.2, 0.25) is 5.91 Å². The van der Waals surface area contributed by atoms with Gasteiger partial charge < -0.3 is 15.1 Å². The summed E-state index contributed by atoms with van der Waals surface area (Å²) in [6.45, 7) is 3.42. The van der Waals surface area contributed by atoms with Crippen LogP contribution in [-0.2, 0) is 23.9 Å². The molecule has 0 unspecified atom stereocenters. The van der Waals surface area contributed by atoms with E-state index in [9.17, 15) is 22.8 Å². The number of hydrogen-bond donors (Lipinski definition) is 1. The van der Waals surface area contributed by atoms with Gasteiger partial charge in [-0.3, -0.25) is 4.79 Å². The van der Waals surface area contributed by atoms with Gasteiger partial charge in [-0.1, -0.05) is 73.7 Å². The van der Waals surface area contributed by atoms with E-state index in [1.165, 1.54) is 17.0 Å². The fraction of sp³-hybridized carbons (Fsp3) is 0.310. The fourth-order valence-corrected chi connectivity index (χ4v) is 3.95. The molecule has 0 fully saturated rings. The molecule has 3 amide bonds. The summed E-state index contributed by atoms with van der Waals surface area (Å²) >= 11 is 0. The molecule has 5 nitrogen and oxygen atoms in total. The third-order valence-electron chi connectivity index (χ3n) is 5.90. The minimum Gasteiger partial charge on any atom is -0.338 e. The Hall–Kier alpha value is -3.81. The first-order valence-corrected chi connectivity index (χ1v) is 12.3. The number of carbonyl (C=O) groups is 2. The number of nitrogens with zero attached hydrogens (tertiary/aromatic N) is 2. The lowest BCUT2D eigenvalue weighted by atomic mass is 10.1. The lowest BCUT2D eigenvalue weighted by molar-refractivity contribution is -0.137. The lowest BCUT2D eigenvalue weighted by Crippen LogP contribution is -2.40. The second kappa shape index (κ2) is 13.5. The van der Waals surface area contributed by atoms with Gasteiger partial charge in [-0.15, -0.1) is 0 Å². The van der Waals surface area contributed by atoms with Crippen LogP contribution in [-0.4, -0.2) is 41.4 Å². The van der Waals surface area contributed by atoms with Crippen molar-refractivity contribution in [3.8, 4) is 0 Å². The van der Waals surface area contributed by atoms with Crippen LogP contribution in [0.4, 0.5) is 23.7 Å². The van der Waals surface area contributed by atoms with E-state index in [2.05, 4.69) is 5.32 Å². The number of rotatable bonds is 11. The van der Waals surface area contributed by atoms with Gasteiger partial charge in [-0.25, -0.2) is 4.79 Å². The second-order valence-electron chi connectivity index (χ2n) is 8.78. The summed E-state index contributed by atoms with van der Waals surface area (Å²) in [7, 11) is 0. The van der Waals surface area contributed by atoms with Crippen molar-refractivity contribution in [2.24, 2.45) is 0 Å². The van der Waals surface area contributed by atoms with Crippen LogP contribution in [0.2, 0.25) is 0 Å². The average Bonchev–Trinajstić information content (AvgIpc) is 2.89. The van der Waals surface area contributed by atoms with Crippen LogP contribution in [0.3, 0.4) is 0 Å². The van der Waals surface area contributed by atoms with Crippen molar-refractivity contribution in [1.29, 1.82) is 0 Å². The average molecular weight is 512 g/mol. The molecule has 0 aliphatic rings.